The van der Waals surface area contributed by atoms with Crippen molar-refractivity contribution >= 4 is 5.78 Å². The molecule has 1 saturated carbocycles. The van der Waals surface area contributed by atoms with Crippen molar-refractivity contribution in [3.63, 3.8) is 0 Å². The summed E-state index contributed by atoms with van der Waals surface area (Å²) in [5, 5.41) is 4.00. The first-order valence-electron chi connectivity index (χ1n) is 12.3. The molecule has 1 aliphatic heterocycles. The number of hydrogen-bond donors (Lipinski definition) is 1. The molecule has 1 saturated heterocycles. The van der Waals surface area contributed by atoms with Crippen LogP contribution in [0.25, 0.3) is 0 Å². The molecule has 0 amide bonds. The topological polar surface area (TPSA) is 29.1 Å². The molecule has 1 N–H and O–H groups in total. The lowest BCUT2D eigenvalue weighted by Gasteiger charge is -2.52. The molecule has 2 fully saturated rings. The molecule has 2 heteroatoms. The molecule has 2 nitrogen and oxygen atoms in total. The molecule has 0 unspecified atom stereocenters. The lowest BCUT2D eigenvalue weighted by atomic mass is 9.56. The van der Waals surface area contributed by atoms with Crippen molar-refractivity contribution in [1.29, 1.82) is 0 Å². The molecule has 34 heavy (non-hydrogen) atoms. The minimum absolute atomic E-state index is 0.0166. The fraction of sp³-hybridized carbons (Fsp3) is 0.219. The standard InChI is InChI=1S/C32H29NO/c34-32-28-26(22-13-5-1-6-14-22)21-27(23-15-7-2-8-16-23)29(32)31(25-19-11-4-12-20-25)33-30(28)24-17-9-3-10-18-24/h1-20,26-31,33H,21H2/t26-,27+,28+,29-,30-,31+. The number of ketones is 1. The van der Waals surface area contributed by atoms with E-state index in [0.717, 1.165) is 6.42 Å². The van der Waals surface area contributed by atoms with Crippen molar-refractivity contribution in [2.24, 2.45) is 11.8 Å². The van der Waals surface area contributed by atoms with Crippen LogP contribution in [0, 0.1) is 11.8 Å². The van der Waals surface area contributed by atoms with Gasteiger partial charge in [-0.15, -0.1) is 0 Å². The number of nitrogens with one attached hydrogen (secondary N) is 1. The van der Waals surface area contributed by atoms with Crippen LogP contribution < -0.4 is 5.32 Å². The highest BCUT2D eigenvalue weighted by atomic mass is 16.1. The van der Waals surface area contributed by atoms with Gasteiger partial charge in [-0.3, -0.25) is 4.79 Å². The van der Waals surface area contributed by atoms with Gasteiger partial charge in [0, 0.05) is 23.9 Å². The van der Waals surface area contributed by atoms with Gasteiger partial charge >= 0.3 is 0 Å². The van der Waals surface area contributed by atoms with E-state index in [2.05, 4.69) is 115 Å². The van der Waals surface area contributed by atoms with E-state index in [1.54, 1.807) is 0 Å². The predicted octanol–water partition coefficient (Wildman–Crippen LogP) is 6.85. The predicted molar refractivity (Wildman–Crippen MR) is 136 cm³/mol. The second-order valence-electron chi connectivity index (χ2n) is 9.67. The van der Waals surface area contributed by atoms with Crippen molar-refractivity contribution in [3.8, 4) is 0 Å². The number of benzene rings is 4. The minimum Gasteiger partial charge on any atom is -0.302 e. The van der Waals surface area contributed by atoms with Gasteiger partial charge in [-0.1, -0.05) is 121 Å². The van der Waals surface area contributed by atoms with E-state index in [4.69, 9.17) is 0 Å². The summed E-state index contributed by atoms with van der Waals surface area (Å²) in [6, 6.07) is 42.4. The number of Topliss-reactive ketones (excluding diaryl/α,β-unsaturated/α-hetero) is 1. The Morgan fingerprint density at radius 2 is 0.794 bits per heavy atom. The summed E-state index contributed by atoms with van der Waals surface area (Å²) in [7, 11) is 0. The van der Waals surface area contributed by atoms with E-state index in [-0.39, 0.29) is 35.8 Å². The number of fused-ring (bicyclic) bond motifs is 2. The first kappa shape index (κ1) is 21.1. The van der Waals surface area contributed by atoms with E-state index in [1.807, 2.05) is 12.1 Å². The third-order valence-corrected chi connectivity index (χ3v) is 7.88. The van der Waals surface area contributed by atoms with Crippen LogP contribution in [0.5, 0.6) is 0 Å². The van der Waals surface area contributed by atoms with Gasteiger partial charge in [-0.2, -0.15) is 0 Å². The normalized spacial score (nSPS) is 28.4. The summed E-state index contributed by atoms with van der Waals surface area (Å²) in [5.41, 5.74) is 4.92. The maximum Gasteiger partial charge on any atom is 0.144 e. The Labute approximate surface area is 201 Å². The number of carbonyl (C=O) groups excluding carboxylic acids is 1. The van der Waals surface area contributed by atoms with E-state index in [0.29, 0.717) is 5.78 Å². The quantitative estimate of drug-likeness (QED) is 0.374. The highest BCUT2D eigenvalue weighted by molar-refractivity contribution is 5.89. The number of rotatable bonds is 4. The second-order valence-corrected chi connectivity index (χ2v) is 9.67. The third kappa shape index (κ3) is 3.69. The Kier molecular flexibility index (Phi) is 5.60. The lowest BCUT2D eigenvalue weighted by molar-refractivity contribution is -0.137. The highest BCUT2D eigenvalue weighted by Crippen LogP contribution is 2.56. The zero-order valence-corrected chi connectivity index (χ0v) is 19.1. The summed E-state index contributed by atoms with van der Waals surface area (Å²) < 4.78 is 0. The smallest absolute Gasteiger partial charge is 0.144 e. The maximum atomic E-state index is 14.5. The summed E-state index contributed by atoms with van der Waals surface area (Å²) in [5.74, 6) is 0.564. The van der Waals surface area contributed by atoms with Crippen molar-refractivity contribution in [3.05, 3.63) is 144 Å². The average molecular weight is 444 g/mol. The third-order valence-electron chi connectivity index (χ3n) is 7.88. The molecule has 2 bridgehead atoms. The summed E-state index contributed by atoms with van der Waals surface area (Å²) in [4.78, 5) is 14.5. The summed E-state index contributed by atoms with van der Waals surface area (Å²) >= 11 is 0. The maximum absolute atomic E-state index is 14.5. The van der Waals surface area contributed by atoms with Gasteiger partial charge in [0.2, 0.25) is 0 Å². The van der Waals surface area contributed by atoms with Crippen LogP contribution >= 0.6 is 0 Å². The highest BCUT2D eigenvalue weighted by Gasteiger charge is 2.54. The van der Waals surface area contributed by atoms with Crippen molar-refractivity contribution in [1.82, 2.24) is 5.32 Å². The molecule has 2 aliphatic rings. The number of carbonyl (C=O) groups is 1. The molecule has 4 aromatic carbocycles. The summed E-state index contributed by atoms with van der Waals surface area (Å²) in [6.45, 7) is 0. The van der Waals surface area contributed by atoms with Gasteiger partial charge < -0.3 is 5.32 Å². The molecule has 0 radical (unpaired) electrons. The van der Waals surface area contributed by atoms with Crippen LogP contribution in [0.3, 0.4) is 0 Å². The van der Waals surface area contributed by atoms with Crippen LogP contribution in [-0.4, -0.2) is 5.78 Å². The zero-order valence-electron chi connectivity index (χ0n) is 19.1. The fourth-order valence-electron chi connectivity index (χ4n) is 6.39. The van der Waals surface area contributed by atoms with Gasteiger partial charge in [0.25, 0.3) is 0 Å². The van der Waals surface area contributed by atoms with Gasteiger partial charge in [0.1, 0.15) is 5.78 Å². The van der Waals surface area contributed by atoms with Gasteiger partial charge in [-0.05, 0) is 40.5 Å². The van der Waals surface area contributed by atoms with Crippen molar-refractivity contribution in [2.75, 3.05) is 0 Å². The Hall–Kier alpha value is -3.49. The van der Waals surface area contributed by atoms with E-state index in [1.165, 1.54) is 22.3 Å². The van der Waals surface area contributed by atoms with E-state index < -0.39 is 0 Å². The molecule has 6 rings (SSSR count). The Bertz CT molecular complexity index is 1050. The monoisotopic (exact) mass is 443 g/mol. The van der Waals surface area contributed by atoms with Gasteiger partial charge in [-0.25, -0.2) is 0 Å². The Balaban J connectivity index is 1.52. The molecule has 1 aliphatic carbocycles. The molecule has 168 valence electrons. The van der Waals surface area contributed by atoms with Crippen LogP contribution in [-0.2, 0) is 4.79 Å². The molecule has 4 aromatic rings. The second kappa shape index (κ2) is 9.04. The Morgan fingerprint density at radius 1 is 0.471 bits per heavy atom. The fourth-order valence-corrected chi connectivity index (χ4v) is 6.39. The van der Waals surface area contributed by atoms with E-state index >= 15 is 0 Å². The number of hydrogen-bond acceptors (Lipinski definition) is 2. The first-order valence-corrected chi connectivity index (χ1v) is 12.3. The molecule has 1 heterocycles. The lowest BCUT2D eigenvalue weighted by Crippen LogP contribution is -2.55. The first-order chi connectivity index (χ1) is 16.8. The minimum atomic E-state index is -0.0882. The Morgan fingerprint density at radius 3 is 1.15 bits per heavy atom. The van der Waals surface area contributed by atoms with Crippen molar-refractivity contribution in [2.45, 2.75) is 30.3 Å². The van der Waals surface area contributed by atoms with E-state index in [9.17, 15) is 4.79 Å². The zero-order chi connectivity index (χ0) is 22.9. The molecule has 0 spiro atoms. The molecular weight excluding hydrogens is 414 g/mol. The average Bonchev–Trinajstić information content (AvgIpc) is 2.91. The number of piperidine rings is 1. The molecule has 6 atom stereocenters. The van der Waals surface area contributed by atoms with Crippen LogP contribution in [0.15, 0.2) is 121 Å². The molecular formula is C32H29NO. The molecule has 0 aromatic heterocycles. The van der Waals surface area contributed by atoms with Crippen LogP contribution in [0.1, 0.15) is 52.6 Å². The van der Waals surface area contributed by atoms with Gasteiger partial charge in [0.05, 0.1) is 0 Å². The van der Waals surface area contributed by atoms with Crippen LogP contribution in [0.4, 0.5) is 0 Å². The van der Waals surface area contributed by atoms with Crippen molar-refractivity contribution < 1.29 is 4.79 Å². The van der Waals surface area contributed by atoms with Crippen LogP contribution in [0.2, 0.25) is 0 Å². The van der Waals surface area contributed by atoms with Gasteiger partial charge in [0.15, 0.2) is 0 Å². The summed E-state index contributed by atoms with van der Waals surface area (Å²) in [6.07, 6.45) is 0.976. The largest absolute Gasteiger partial charge is 0.302 e. The SMILES string of the molecule is O=C1[C@@H]2[C@H](c3ccccc3)C[C@H](c3ccccc3)[C@H]1[C@@H](c1ccccc1)N[C@H]2c1ccccc1.